The minimum atomic E-state index is -0.839. The third kappa shape index (κ3) is 8.56. The van der Waals surface area contributed by atoms with Crippen LogP contribution in [-0.2, 0) is 11.3 Å². The number of carbonyl (C=O) groups excluding carboxylic acids is 1. The summed E-state index contributed by atoms with van der Waals surface area (Å²) < 4.78 is 17.9. The quantitative estimate of drug-likeness (QED) is 0.0957. The van der Waals surface area contributed by atoms with Gasteiger partial charge in [0.1, 0.15) is 36.6 Å². The number of fused-ring (bicyclic) bond motifs is 4. The number of nitrogens with one attached hydrogen (secondary N) is 3. The van der Waals surface area contributed by atoms with Gasteiger partial charge >= 0.3 is 6.09 Å². The number of phenols is 1. The number of alkyl carbamates (subject to hydrolysis) is 1. The van der Waals surface area contributed by atoms with Crippen molar-refractivity contribution < 1.29 is 29.2 Å². The average molecular weight is 705 g/mol. The summed E-state index contributed by atoms with van der Waals surface area (Å²) in [5.41, 5.74) is 3.45. The number of aromatic amines is 1. The van der Waals surface area contributed by atoms with Gasteiger partial charge in [-0.3, -0.25) is 9.69 Å². The number of benzene rings is 4. The fourth-order valence-electron chi connectivity index (χ4n) is 7.16. The van der Waals surface area contributed by atoms with E-state index in [1.165, 1.54) is 12.1 Å². The summed E-state index contributed by atoms with van der Waals surface area (Å²) in [4.78, 5) is 29.8. The summed E-state index contributed by atoms with van der Waals surface area (Å²) >= 11 is 0. The van der Waals surface area contributed by atoms with Crippen LogP contribution in [0, 0.1) is 5.92 Å². The number of amides is 1. The van der Waals surface area contributed by atoms with Crippen molar-refractivity contribution in [3.8, 4) is 17.2 Å². The van der Waals surface area contributed by atoms with Crippen molar-refractivity contribution in [1.82, 2.24) is 20.5 Å². The molecular weight excluding hydrogens is 660 g/mol. The fraction of sp³-hybridized carbons (Fsp3) is 0.317. The molecule has 1 aromatic heterocycles. The van der Waals surface area contributed by atoms with Gasteiger partial charge in [-0.05, 0) is 90.5 Å². The van der Waals surface area contributed by atoms with E-state index in [1.807, 2.05) is 78.9 Å². The molecular formula is C41H44N4O7. The Morgan fingerprint density at radius 1 is 0.865 bits per heavy atom. The number of aromatic hydroxyl groups is 1. The highest BCUT2D eigenvalue weighted by molar-refractivity contribution is 5.87. The molecule has 0 radical (unpaired) electrons. The molecule has 3 fully saturated rings. The molecule has 1 amide bonds. The molecule has 2 bridgehead atoms. The lowest BCUT2D eigenvalue weighted by atomic mass is 9.86. The molecule has 11 heteroatoms. The molecule has 8 rings (SSSR count). The number of ether oxygens (including phenoxy) is 3. The Bertz CT molecular complexity index is 2010. The Labute approximate surface area is 302 Å². The number of aliphatic hydroxyl groups excluding tert-OH is 1. The second-order valence-electron chi connectivity index (χ2n) is 13.4. The molecule has 11 nitrogen and oxygen atoms in total. The average Bonchev–Trinajstić information content (AvgIpc) is 3.17. The molecule has 270 valence electrons. The number of hydrogen-bond donors (Lipinski definition) is 5. The highest BCUT2D eigenvalue weighted by Gasteiger charge is 2.37. The van der Waals surface area contributed by atoms with Crippen molar-refractivity contribution in [3.63, 3.8) is 0 Å². The predicted octanol–water partition coefficient (Wildman–Crippen LogP) is 5.42. The van der Waals surface area contributed by atoms with Crippen molar-refractivity contribution in [2.45, 2.75) is 37.6 Å². The molecule has 3 atom stereocenters. The van der Waals surface area contributed by atoms with Gasteiger partial charge in [-0.25, -0.2) is 4.79 Å². The van der Waals surface area contributed by atoms with Crippen LogP contribution < -0.4 is 25.7 Å². The molecule has 3 aliphatic heterocycles. The first-order valence-electron chi connectivity index (χ1n) is 17.8. The first-order valence-corrected chi connectivity index (χ1v) is 17.8. The Kier molecular flexibility index (Phi) is 11.0. The SMILES string of the molecule is O=C(N[C@@H](c1ccccc1)c1cccc(OCCOc2ccc(CNCC(O)c3ccc(O)c4[nH]c(=O)ccc34)cc2)c1)OC1CN2CCC1CC2. The number of carbonyl (C=O) groups is 1. The molecule has 5 aromatic rings. The fourth-order valence-corrected chi connectivity index (χ4v) is 7.16. The van der Waals surface area contributed by atoms with Gasteiger partial charge in [0, 0.05) is 31.1 Å². The lowest BCUT2D eigenvalue weighted by molar-refractivity contribution is -0.0336. The summed E-state index contributed by atoms with van der Waals surface area (Å²) in [6, 6.07) is 31.0. The van der Waals surface area contributed by atoms with Gasteiger partial charge in [0.25, 0.3) is 0 Å². The maximum absolute atomic E-state index is 13.2. The zero-order valence-electron chi connectivity index (χ0n) is 28.9. The molecule has 0 saturated carbocycles. The van der Waals surface area contributed by atoms with Crippen LogP contribution in [0.5, 0.6) is 17.2 Å². The molecule has 0 aliphatic carbocycles. The van der Waals surface area contributed by atoms with Gasteiger partial charge in [-0.15, -0.1) is 0 Å². The van der Waals surface area contributed by atoms with E-state index in [0.717, 1.165) is 49.2 Å². The van der Waals surface area contributed by atoms with E-state index in [2.05, 4.69) is 20.5 Å². The minimum absolute atomic E-state index is 0.0423. The third-order valence-electron chi connectivity index (χ3n) is 9.92. The maximum atomic E-state index is 13.2. The lowest BCUT2D eigenvalue weighted by Gasteiger charge is -2.43. The van der Waals surface area contributed by atoms with Crippen LogP contribution in [0.3, 0.4) is 0 Å². The zero-order chi connectivity index (χ0) is 35.9. The van der Waals surface area contributed by atoms with Gasteiger partial charge in [-0.1, -0.05) is 60.7 Å². The maximum Gasteiger partial charge on any atom is 0.408 e. The second-order valence-corrected chi connectivity index (χ2v) is 13.4. The monoisotopic (exact) mass is 704 g/mol. The van der Waals surface area contributed by atoms with Gasteiger partial charge in [0.15, 0.2) is 0 Å². The van der Waals surface area contributed by atoms with Gasteiger partial charge in [-0.2, -0.15) is 0 Å². The van der Waals surface area contributed by atoms with Crippen LogP contribution >= 0.6 is 0 Å². The first-order chi connectivity index (χ1) is 25.4. The Hall–Kier alpha value is -5.36. The highest BCUT2D eigenvalue weighted by Crippen LogP contribution is 2.31. The summed E-state index contributed by atoms with van der Waals surface area (Å²) in [6.45, 7) is 4.45. The number of aliphatic hydroxyl groups is 1. The van der Waals surface area contributed by atoms with E-state index in [1.54, 1.807) is 12.1 Å². The van der Waals surface area contributed by atoms with Crippen LogP contribution in [-0.4, -0.2) is 71.7 Å². The summed E-state index contributed by atoms with van der Waals surface area (Å²) in [7, 11) is 0. The van der Waals surface area contributed by atoms with Crippen LogP contribution in [0.15, 0.2) is 108 Å². The van der Waals surface area contributed by atoms with Gasteiger partial charge in [0.05, 0.1) is 17.7 Å². The molecule has 52 heavy (non-hydrogen) atoms. The Morgan fingerprint density at radius 3 is 2.37 bits per heavy atom. The van der Waals surface area contributed by atoms with Crippen molar-refractivity contribution in [1.29, 1.82) is 0 Å². The summed E-state index contributed by atoms with van der Waals surface area (Å²) in [5, 5.41) is 27.9. The van der Waals surface area contributed by atoms with E-state index in [-0.39, 0.29) is 24.0 Å². The van der Waals surface area contributed by atoms with Crippen LogP contribution in [0.4, 0.5) is 4.79 Å². The number of hydrogen-bond acceptors (Lipinski definition) is 9. The van der Waals surface area contributed by atoms with Crippen LogP contribution in [0.2, 0.25) is 0 Å². The van der Waals surface area contributed by atoms with E-state index in [4.69, 9.17) is 14.2 Å². The van der Waals surface area contributed by atoms with Gasteiger partial charge in [0.2, 0.25) is 5.56 Å². The topological polar surface area (TPSA) is 145 Å². The van der Waals surface area contributed by atoms with E-state index < -0.39 is 18.2 Å². The predicted molar refractivity (Wildman–Crippen MR) is 198 cm³/mol. The molecule has 5 N–H and O–H groups in total. The molecule has 2 unspecified atom stereocenters. The van der Waals surface area contributed by atoms with Crippen molar-refractivity contribution >= 4 is 17.0 Å². The number of piperidine rings is 3. The number of aromatic nitrogens is 1. The highest BCUT2D eigenvalue weighted by atomic mass is 16.6. The number of nitrogens with zero attached hydrogens (tertiary/aromatic N) is 1. The Balaban J connectivity index is 0.881. The van der Waals surface area contributed by atoms with Crippen LogP contribution in [0.25, 0.3) is 10.9 Å². The zero-order valence-corrected chi connectivity index (χ0v) is 28.9. The third-order valence-corrected chi connectivity index (χ3v) is 9.92. The van der Waals surface area contributed by atoms with E-state index in [9.17, 15) is 19.8 Å². The van der Waals surface area contributed by atoms with E-state index in [0.29, 0.717) is 53.6 Å². The lowest BCUT2D eigenvalue weighted by Crippen LogP contribution is -2.52. The number of phenolic OH excluding ortho intramolecular Hbond substituents is 1. The normalized spacial score (nSPS) is 19.1. The number of H-pyrrole nitrogens is 1. The summed E-state index contributed by atoms with van der Waals surface area (Å²) in [6.07, 6.45) is 0.830. The van der Waals surface area contributed by atoms with Crippen molar-refractivity contribution in [3.05, 3.63) is 136 Å². The van der Waals surface area contributed by atoms with Gasteiger partial charge < -0.3 is 40.0 Å². The molecule has 4 heterocycles. The molecule has 3 saturated heterocycles. The van der Waals surface area contributed by atoms with E-state index >= 15 is 0 Å². The molecule has 3 aliphatic rings. The smallest absolute Gasteiger partial charge is 0.408 e. The molecule has 4 aromatic carbocycles. The largest absolute Gasteiger partial charge is 0.506 e. The number of pyridine rings is 1. The van der Waals surface area contributed by atoms with Crippen molar-refractivity contribution in [2.24, 2.45) is 5.92 Å². The molecule has 0 spiro atoms. The minimum Gasteiger partial charge on any atom is -0.506 e. The number of rotatable bonds is 14. The first kappa shape index (κ1) is 35.1. The van der Waals surface area contributed by atoms with Crippen LogP contribution in [0.1, 0.15) is 47.2 Å². The van der Waals surface area contributed by atoms with Crippen molar-refractivity contribution in [2.75, 3.05) is 39.4 Å². The second kappa shape index (κ2) is 16.3. The Morgan fingerprint density at radius 2 is 1.62 bits per heavy atom. The summed E-state index contributed by atoms with van der Waals surface area (Å²) in [5.74, 6) is 1.77. The standard InChI is InChI=1S/C41H44N4O7/c46-35-15-13-33(34-14-16-38(48)43-40(34)35)36(47)25-42-24-27-9-11-31(12-10-27)50-21-22-51-32-8-4-7-30(23-32)39(29-5-2-1-3-6-29)44-41(49)52-37-26-45-19-17-28(37)18-20-45/h1-16,23,28,36-37,39,42,46-47H,17-22,24-26H2,(H,43,48)(H,44,49)/t36?,37?,39-/m0/s1.